The van der Waals surface area contributed by atoms with Gasteiger partial charge in [0.15, 0.2) is 0 Å². The molecule has 1 heterocycles. The average Bonchev–Trinajstić information content (AvgIpc) is 3.00. The van der Waals surface area contributed by atoms with E-state index >= 15 is 0 Å². The normalized spacial score (nSPS) is 36.1. The third-order valence-electron chi connectivity index (χ3n) is 6.53. The number of hydrogen-bond acceptors (Lipinski definition) is 3. The van der Waals surface area contributed by atoms with E-state index in [1.165, 1.54) is 31.4 Å². The number of aromatic amines is 1. The van der Waals surface area contributed by atoms with Gasteiger partial charge in [-0.25, -0.2) is 4.39 Å². The number of hydrogen-bond donors (Lipinski definition) is 3. The topological polar surface area (TPSA) is 60.9 Å². The molecule has 25 heavy (non-hydrogen) atoms. The zero-order chi connectivity index (χ0) is 17.1. The Labute approximate surface area is 146 Å². The number of benzene rings is 1. The van der Waals surface area contributed by atoms with Crippen LogP contribution < -0.4 is 5.32 Å². The Hall–Kier alpha value is -1.72. The molecule has 2 atom stereocenters. The lowest BCUT2D eigenvalue weighted by Gasteiger charge is -2.60. The highest BCUT2D eigenvalue weighted by atomic mass is 19.1. The molecule has 0 amide bonds. The van der Waals surface area contributed by atoms with Crippen LogP contribution in [0.15, 0.2) is 30.5 Å². The number of rotatable bonds is 4. The van der Waals surface area contributed by atoms with Gasteiger partial charge in [0.1, 0.15) is 5.82 Å². The van der Waals surface area contributed by atoms with Crippen LogP contribution in [-0.2, 0) is 6.54 Å². The second kappa shape index (κ2) is 5.39. The van der Waals surface area contributed by atoms with Crippen molar-refractivity contribution >= 4 is 0 Å². The van der Waals surface area contributed by atoms with Crippen LogP contribution in [0.5, 0.6) is 0 Å². The largest absolute Gasteiger partial charge is 0.390 e. The Morgan fingerprint density at radius 3 is 2.56 bits per heavy atom. The van der Waals surface area contributed by atoms with Crippen molar-refractivity contribution < 1.29 is 9.50 Å². The molecule has 1 aromatic carbocycles. The van der Waals surface area contributed by atoms with E-state index in [0.29, 0.717) is 11.8 Å². The lowest BCUT2D eigenvalue weighted by Crippen LogP contribution is -2.64. The van der Waals surface area contributed by atoms with E-state index < -0.39 is 5.60 Å². The van der Waals surface area contributed by atoms with Gasteiger partial charge in [-0.1, -0.05) is 0 Å². The summed E-state index contributed by atoms with van der Waals surface area (Å²) < 4.78 is 13.2. The molecular weight excluding hydrogens is 317 g/mol. The third kappa shape index (κ3) is 2.70. The smallest absolute Gasteiger partial charge is 0.123 e. The van der Waals surface area contributed by atoms with Crippen molar-refractivity contribution in [2.24, 2.45) is 11.8 Å². The quantitative estimate of drug-likeness (QED) is 0.799. The van der Waals surface area contributed by atoms with Crippen molar-refractivity contribution in [1.82, 2.24) is 15.5 Å². The zero-order valence-corrected chi connectivity index (χ0v) is 14.3. The molecule has 4 nitrogen and oxygen atoms in total. The van der Waals surface area contributed by atoms with Crippen LogP contribution in [0.4, 0.5) is 4.39 Å². The predicted octanol–water partition coefficient (Wildman–Crippen LogP) is 3.39. The highest BCUT2D eigenvalue weighted by Crippen LogP contribution is 2.57. The van der Waals surface area contributed by atoms with Gasteiger partial charge in [-0.05, 0) is 74.6 Å². The summed E-state index contributed by atoms with van der Waals surface area (Å²) in [5.74, 6) is 1.10. The van der Waals surface area contributed by atoms with E-state index in [2.05, 4.69) is 15.5 Å². The summed E-state index contributed by atoms with van der Waals surface area (Å²) in [6.07, 6.45) is 8.33. The summed E-state index contributed by atoms with van der Waals surface area (Å²) in [5.41, 5.74) is 2.59. The van der Waals surface area contributed by atoms with Gasteiger partial charge >= 0.3 is 0 Å². The maximum absolute atomic E-state index is 13.2. The van der Waals surface area contributed by atoms with Gasteiger partial charge in [0.05, 0.1) is 17.5 Å². The molecule has 4 aliphatic carbocycles. The first kappa shape index (κ1) is 15.5. The van der Waals surface area contributed by atoms with Crippen molar-refractivity contribution in [3.63, 3.8) is 0 Å². The minimum atomic E-state index is -0.451. The van der Waals surface area contributed by atoms with Crippen LogP contribution in [0.3, 0.4) is 0 Å². The molecule has 2 aromatic rings. The molecule has 0 unspecified atom stereocenters. The van der Waals surface area contributed by atoms with Crippen molar-refractivity contribution in [2.45, 2.75) is 56.2 Å². The monoisotopic (exact) mass is 341 g/mol. The van der Waals surface area contributed by atoms with Crippen molar-refractivity contribution in [3.8, 4) is 11.3 Å². The molecule has 0 radical (unpaired) electrons. The second-order valence-corrected chi connectivity index (χ2v) is 8.60. The van der Waals surface area contributed by atoms with Crippen LogP contribution >= 0.6 is 0 Å². The van der Waals surface area contributed by atoms with Gasteiger partial charge in [-0.15, -0.1) is 0 Å². The molecule has 4 fully saturated rings. The lowest BCUT2D eigenvalue weighted by molar-refractivity contribution is -0.142. The molecule has 0 aliphatic heterocycles. The predicted molar refractivity (Wildman–Crippen MR) is 93.2 cm³/mol. The minimum Gasteiger partial charge on any atom is -0.390 e. The molecule has 4 aliphatic rings. The first-order valence-electron chi connectivity index (χ1n) is 9.28. The minimum absolute atomic E-state index is 0.0656. The number of aliphatic hydroxyl groups is 1. The maximum atomic E-state index is 13.2. The SMILES string of the molecule is OC12C[C@H]3C[C@H](C1)CC(NCc1cn[nH]c1-c1ccc(F)cc1)(C3)C2. The summed E-state index contributed by atoms with van der Waals surface area (Å²) in [5, 5.41) is 21.9. The van der Waals surface area contributed by atoms with Gasteiger partial charge in [0.25, 0.3) is 0 Å². The van der Waals surface area contributed by atoms with Gasteiger partial charge in [-0.2, -0.15) is 5.10 Å². The van der Waals surface area contributed by atoms with E-state index in [0.717, 1.165) is 42.6 Å². The molecule has 4 bridgehead atoms. The fraction of sp³-hybridized carbons (Fsp3) is 0.550. The average molecular weight is 341 g/mol. The van der Waals surface area contributed by atoms with Gasteiger partial charge in [-0.3, -0.25) is 5.10 Å². The number of nitrogens with one attached hydrogen (secondary N) is 2. The first-order valence-corrected chi connectivity index (χ1v) is 9.28. The summed E-state index contributed by atoms with van der Waals surface area (Å²) in [6, 6.07) is 6.50. The fourth-order valence-corrected chi connectivity index (χ4v) is 6.02. The van der Waals surface area contributed by atoms with Gasteiger partial charge in [0.2, 0.25) is 0 Å². The van der Waals surface area contributed by atoms with E-state index in [1.807, 2.05) is 6.20 Å². The van der Waals surface area contributed by atoms with Crippen LogP contribution in [0.2, 0.25) is 0 Å². The number of halogens is 1. The van der Waals surface area contributed by atoms with Crippen molar-refractivity contribution in [1.29, 1.82) is 0 Å². The van der Waals surface area contributed by atoms with Crippen LogP contribution in [-0.4, -0.2) is 26.4 Å². The second-order valence-electron chi connectivity index (χ2n) is 8.60. The molecule has 3 N–H and O–H groups in total. The molecule has 0 saturated heterocycles. The summed E-state index contributed by atoms with van der Waals surface area (Å²) >= 11 is 0. The van der Waals surface area contributed by atoms with Crippen LogP contribution in [0.25, 0.3) is 11.3 Å². The Kier molecular flexibility index (Phi) is 3.35. The van der Waals surface area contributed by atoms with E-state index in [9.17, 15) is 9.50 Å². The third-order valence-corrected chi connectivity index (χ3v) is 6.53. The van der Waals surface area contributed by atoms with Gasteiger partial charge in [0, 0.05) is 23.2 Å². The Balaban J connectivity index is 1.36. The molecule has 5 heteroatoms. The summed E-state index contributed by atoms with van der Waals surface area (Å²) in [4.78, 5) is 0. The number of aromatic nitrogens is 2. The Morgan fingerprint density at radius 1 is 1.16 bits per heavy atom. The van der Waals surface area contributed by atoms with Crippen molar-refractivity contribution in [2.75, 3.05) is 0 Å². The molecule has 4 saturated carbocycles. The van der Waals surface area contributed by atoms with E-state index in [-0.39, 0.29) is 11.4 Å². The summed E-state index contributed by atoms with van der Waals surface area (Å²) in [7, 11) is 0. The highest BCUT2D eigenvalue weighted by molar-refractivity contribution is 5.62. The standard InChI is InChI=1S/C20H24FN3O/c21-17-3-1-15(2-4-17)18-16(11-23-24-18)10-22-19-6-13-5-14(7-19)9-20(25,8-13)12-19/h1-4,11,13-14,22,25H,5-10,12H2,(H,23,24)/t13-,14-,19?,20?/m0/s1. The van der Waals surface area contributed by atoms with E-state index in [4.69, 9.17) is 0 Å². The Morgan fingerprint density at radius 2 is 1.88 bits per heavy atom. The molecule has 1 aromatic heterocycles. The Bertz CT molecular complexity index is 770. The highest BCUT2D eigenvalue weighted by Gasteiger charge is 2.56. The fourth-order valence-electron chi connectivity index (χ4n) is 6.02. The number of nitrogens with zero attached hydrogens (tertiary/aromatic N) is 1. The van der Waals surface area contributed by atoms with Crippen LogP contribution in [0.1, 0.15) is 44.1 Å². The van der Waals surface area contributed by atoms with Crippen molar-refractivity contribution in [3.05, 3.63) is 41.8 Å². The molecule has 132 valence electrons. The molecule has 6 rings (SSSR count). The van der Waals surface area contributed by atoms with E-state index in [1.54, 1.807) is 12.1 Å². The number of H-pyrrole nitrogens is 1. The first-order chi connectivity index (χ1) is 12.0. The lowest BCUT2D eigenvalue weighted by atomic mass is 9.51. The zero-order valence-electron chi connectivity index (χ0n) is 14.3. The summed E-state index contributed by atoms with van der Waals surface area (Å²) in [6.45, 7) is 0.721. The molecular formula is C20H24FN3O. The molecule has 0 spiro atoms. The van der Waals surface area contributed by atoms with Crippen LogP contribution in [0, 0.1) is 17.7 Å². The maximum Gasteiger partial charge on any atom is 0.123 e. The van der Waals surface area contributed by atoms with Gasteiger partial charge < -0.3 is 10.4 Å².